The number of hydrogen-bond acceptors (Lipinski definition) is 5. The zero-order valence-corrected chi connectivity index (χ0v) is 25.9. The quantitative estimate of drug-likeness (QED) is 0.361. The number of imidazole rings is 1. The summed E-state index contributed by atoms with van der Waals surface area (Å²) in [6, 6.07) is 13.5. The number of carbonyl (C=O) groups is 1. The molecule has 0 spiro atoms. The van der Waals surface area contributed by atoms with Gasteiger partial charge in [0, 0.05) is 6.04 Å². The Balaban J connectivity index is 1.13. The first kappa shape index (κ1) is 27.7. The maximum absolute atomic E-state index is 13.2. The molecule has 42 heavy (non-hydrogen) atoms. The van der Waals surface area contributed by atoms with Gasteiger partial charge in [0.1, 0.15) is 11.4 Å². The second kappa shape index (κ2) is 9.45. The molecule has 2 saturated heterocycles. The predicted molar refractivity (Wildman–Crippen MR) is 165 cm³/mol. The van der Waals surface area contributed by atoms with Crippen LogP contribution in [0.25, 0.3) is 22.4 Å². The number of piperidine rings is 1. The molecule has 7 rings (SSSR count). The Morgan fingerprint density at radius 3 is 2.36 bits per heavy atom. The van der Waals surface area contributed by atoms with Gasteiger partial charge < -0.3 is 19.0 Å². The zero-order valence-electron chi connectivity index (χ0n) is 25.9. The minimum Gasteiger partial charge on any atom is -0.444 e. The smallest absolute Gasteiger partial charge is 0.444 e. The molecule has 1 aromatic heterocycles. The van der Waals surface area contributed by atoms with E-state index in [1.54, 1.807) is 0 Å². The number of nitrogens with one attached hydrogen (secondary N) is 1. The van der Waals surface area contributed by atoms with Crippen molar-refractivity contribution in [2.75, 3.05) is 0 Å². The molecule has 2 aliphatic heterocycles. The molecule has 1 saturated carbocycles. The number of likely N-dealkylation sites (tertiary alicyclic amines) is 1. The van der Waals surface area contributed by atoms with Crippen molar-refractivity contribution in [2.24, 2.45) is 5.92 Å². The van der Waals surface area contributed by atoms with Crippen LogP contribution in [0.3, 0.4) is 0 Å². The van der Waals surface area contributed by atoms with Gasteiger partial charge in [0.25, 0.3) is 0 Å². The molecule has 0 radical (unpaired) electrons. The summed E-state index contributed by atoms with van der Waals surface area (Å²) in [5.74, 6) is 1.28. The van der Waals surface area contributed by atoms with Gasteiger partial charge in [-0.25, -0.2) is 9.78 Å². The van der Waals surface area contributed by atoms with Gasteiger partial charge in [0.05, 0.1) is 29.1 Å². The SMILES string of the molecule is CC(C)(C)OC(=O)N1[C@H]2CC[C@@H](C2)[C@H]1c1ncc(-c2ccc3c(c2)CCc2cc(B4OC(C)(C)C(C)(C)O4)ccc2-3)[nH]1. The summed E-state index contributed by atoms with van der Waals surface area (Å²) >= 11 is 0. The topological polar surface area (TPSA) is 76.7 Å². The summed E-state index contributed by atoms with van der Waals surface area (Å²) in [4.78, 5) is 23.5. The molecule has 2 aliphatic carbocycles. The minimum atomic E-state index is -0.521. The number of aromatic amines is 1. The number of aryl methyl sites for hydroxylation is 2. The van der Waals surface area contributed by atoms with E-state index in [4.69, 9.17) is 19.0 Å². The maximum atomic E-state index is 13.2. The number of benzene rings is 2. The van der Waals surface area contributed by atoms with Crippen LogP contribution in [0.5, 0.6) is 0 Å². The second-order valence-electron chi connectivity index (χ2n) is 14.6. The number of aromatic nitrogens is 2. The minimum absolute atomic E-state index is 0.0602. The number of fused-ring (bicyclic) bond motifs is 5. The van der Waals surface area contributed by atoms with Gasteiger partial charge in [-0.1, -0.05) is 30.3 Å². The largest absolute Gasteiger partial charge is 0.494 e. The third-order valence-electron chi connectivity index (χ3n) is 10.1. The Morgan fingerprint density at radius 1 is 1.00 bits per heavy atom. The molecular weight excluding hydrogens is 525 g/mol. The van der Waals surface area contributed by atoms with Gasteiger partial charge >= 0.3 is 13.2 Å². The highest BCUT2D eigenvalue weighted by Gasteiger charge is 2.52. The third-order valence-corrected chi connectivity index (χ3v) is 10.1. The van der Waals surface area contributed by atoms with E-state index < -0.39 is 5.60 Å². The number of carbonyl (C=O) groups excluding carboxylic acids is 1. The van der Waals surface area contributed by atoms with E-state index in [0.29, 0.717) is 5.92 Å². The summed E-state index contributed by atoms with van der Waals surface area (Å²) < 4.78 is 18.4. The summed E-state index contributed by atoms with van der Waals surface area (Å²) in [6.45, 7) is 14.1. The first-order valence-electron chi connectivity index (χ1n) is 15.5. The van der Waals surface area contributed by atoms with Crippen LogP contribution in [0.2, 0.25) is 0 Å². The van der Waals surface area contributed by atoms with Crippen LogP contribution in [0.4, 0.5) is 4.79 Å². The fourth-order valence-electron chi connectivity index (χ4n) is 7.26. The molecule has 7 nitrogen and oxygen atoms in total. The number of amides is 1. The highest BCUT2D eigenvalue weighted by Crippen LogP contribution is 2.50. The summed E-state index contributed by atoms with van der Waals surface area (Å²) in [5, 5.41) is 0. The van der Waals surface area contributed by atoms with Crippen LogP contribution in [0, 0.1) is 5.92 Å². The Labute approximate surface area is 249 Å². The lowest BCUT2D eigenvalue weighted by Gasteiger charge is -2.35. The van der Waals surface area contributed by atoms with Crippen molar-refractivity contribution >= 4 is 18.7 Å². The lowest BCUT2D eigenvalue weighted by atomic mass is 9.75. The Morgan fingerprint density at radius 2 is 1.67 bits per heavy atom. The van der Waals surface area contributed by atoms with Crippen molar-refractivity contribution in [3.05, 3.63) is 59.5 Å². The van der Waals surface area contributed by atoms with Crippen LogP contribution in [-0.2, 0) is 26.9 Å². The van der Waals surface area contributed by atoms with Gasteiger partial charge in [0.15, 0.2) is 0 Å². The highest BCUT2D eigenvalue weighted by molar-refractivity contribution is 6.62. The Bertz CT molecular complexity index is 1540. The van der Waals surface area contributed by atoms with Crippen molar-refractivity contribution in [2.45, 2.75) is 109 Å². The standard InChI is InChI=1S/C34H42BN3O4/c1-32(2,3)40-31(39)38-25-13-10-23(18-25)29(38)30-36-19-28(37-30)22-11-14-26-20(16-22)8-9-21-17-24(12-15-27(21)26)35-41-33(4,5)34(6,7)42-35/h11-12,14-17,19,23,25,29H,8-10,13,18H2,1-7H3,(H,36,37)/t23-,25-,29-/m0/s1. The molecule has 1 amide bonds. The van der Waals surface area contributed by atoms with Crippen molar-refractivity contribution in [3.63, 3.8) is 0 Å². The Hall–Kier alpha value is -3.10. The molecule has 3 atom stereocenters. The van der Waals surface area contributed by atoms with E-state index in [-0.39, 0.29) is 36.5 Å². The van der Waals surface area contributed by atoms with Crippen LogP contribution in [-0.4, -0.2) is 50.9 Å². The number of nitrogens with zero attached hydrogens (tertiary/aromatic N) is 2. The van der Waals surface area contributed by atoms with Crippen molar-refractivity contribution < 1.29 is 18.8 Å². The van der Waals surface area contributed by atoms with E-state index in [9.17, 15) is 4.79 Å². The summed E-state index contributed by atoms with van der Waals surface area (Å²) in [5.41, 5.74) is 7.21. The normalized spacial score (nSPS) is 25.5. The molecule has 2 bridgehead atoms. The highest BCUT2D eigenvalue weighted by atomic mass is 16.7. The maximum Gasteiger partial charge on any atom is 0.494 e. The fourth-order valence-corrected chi connectivity index (χ4v) is 7.26. The van der Waals surface area contributed by atoms with Crippen molar-refractivity contribution in [3.8, 4) is 22.4 Å². The van der Waals surface area contributed by atoms with E-state index >= 15 is 0 Å². The van der Waals surface area contributed by atoms with Gasteiger partial charge in [-0.05, 0) is 126 Å². The van der Waals surface area contributed by atoms with E-state index in [1.807, 2.05) is 31.9 Å². The number of rotatable bonds is 3. The second-order valence-corrected chi connectivity index (χ2v) is 14.6. The van der Waals surface area contributed by atoms with Gasteiger partial charge in [-0.15, -0.1) is 0 Å². The molecule has 3 heterocycles. The molecule has 2 aromatic carbocycles. The lowest BCUT2D eigenvalue weighted by Crippen LogP contribution is -2.43. The summed E-state index contributed by atoms with van der Waals surface area (Å²) in [6.07, 6.45) is 6.83. The first-order valence-corrected chi connectivity index (χ1v) is 15.5. The molecule has 4 aliphatic rings. The molecule has 3 fully saturated rings. The monoisotopic (exact) mass is 567 g/mol. The van der Waals surface area contributed by atoms with Crippen molar-refractivity contribution in [1.82, 2.24) is 14.9 Å². The number of H-pyrrole nitrogens is 1. The average molecular weight is 568 g/mol. The van der Waals surface area contributed by atoms with Gasteiger partial charge in [-0.3, -0.25) is 4.90 Å². The van der Waals surface area contributed by atoms with Gasteiger partial charge in [-0.2, -0.15) is 0 Å². The van der Waals surface area contributed by atoms with E-state index in [0.717, 1.165) is 54.6 Å². The first-order chi connectivity index (χ1) is 19.8. The average Bonchev–Trinajstić information content (AvgIpc) is 3.70. The van der Waals surface area contributed by atoms with E-state index in [2.05, 4.69) is 69.1 Å². The molecule has 0 unspecified atom stereocenters. The molecular formula is C34H42BN3O4. The molecule has 8 heteroatoms. The molecule has 220 valence electrons. The number of hydrogen-bond donors (Lipinski definition) is 1. The molecule has 1 N–H and O–H groups in total. The number of ether oxygens (including phenoxy) is 1. The molecule has 3 aromatic rings. The van der Waals surface area contributed by atoms with Gasteiger partial charge in [0.2, 0.25) is 0 Å². The van der Waals surface area contributed by atoms with Crippen LogP contribution < -0.4 is 5.46 Å². The fraction of sp³-hybridized carbons (Fsp3) is 0.529. The Kier molecular flexibility index (Phi) is 6.24. The van der Waals surface area contributed by atoms with Crippen LogP contribution >= 0.6 is 0 Å². The van der Waals surface area contributed by atoms with Crippen LogP contribution in [0.1, 0.15) is 90.7 Å². The zero-order chi connectivity index (χ0) is 29.6. The third kappa shape index (κ3) is 4.58. The summed E-state index contributed by atoms with van der Waals surface area (Å²) in [7, 11) is -0.347. The van der Waals surface area contributed by atoms with Crippen molar-refractivity contribution in [1.29, 1.82) is 0 Å². The predicted octanol–water partition coefficient (Wildman–Crippen LogP) is 6.60. The van der Waals surface area contributed by atoms with E-state index in [1.165, 1.54) is 22.3 Å². The van der Waals surface area contributed by atoms with Crippen LogP contribution in [0.15, 0.2) is 42.6 Å². The lowest BCUT2D eigenvalue weighted by molar-refractivity contribution is 0.00578.